The van der Waals surface area contributed by atoms with Crippen LogP contribution in [0.3, 0.4) is 0 Å². The molecule has 0 unspecified atom stereocenters. The topological polar surface area (TPSA) is 0 Å². The lowest BCUT2D eigenvalue weighted by molar-refractivity contribution is 1.06. The molecule has 0 aliphatic heterocycles. The Bertz CT molecular complexity index is 222. The second-order valence-corrected chi connectivity index (χ2v) is 3.36. The standard InChI is InChI=1S/C11H16/c1-9(2)11-6-4-5-10(3)7-8-11/h4-5,7H,6,8H2,1-3H3. The van der Waals surface area contributed by atoms with Crippen LogP contribution in [0.15, 0.2) is 34.9 Å². The van der Waals surface area contributed by atoms with Gasteiger partial charge in [0.15, 0.2) is 0 Å². The van der Waals surface area contributed by atoms with Gasteiger partial charge in [0.2, 0.25) is 0 Å². The molecule has 0 radical (unpaired) electrons. The van der Waals surface area contributed by atoms with Gasteiger partial charge in [0.1, 0.15) is 0 Å². The van der Waals surface area contributed by atoms with Gasteiger partial charge in [0, 0.05) is 0 Å². The minimum absolute atomic E-state index is 1.14. The highest BCUT2D eigenvalue weighted by molar-refractivity contribution is 5.27. The SMILES string of the molecule is CC1=CCC(=C(C)C)CC=C1. The van der Waals surface area contributed by atoms with Crippen LogP contribution in [0.4, 0.5) is 0 Å². The molecule has 0 spiro atoms. The predicted molar refractivity (Wildman–Crippen MR) is 50.5 cm³/mol. The Kier molecular flexibility index (Phi) is 2.70. The summed E-state index contributed by atoms with van der Waals surface area (Å²) in [4.78, 5) is 0. The van der Waals surface area contributed by atoms with E-state index in [1.54, 1.807) is 5.57 Å². The minimum Gasteiger partial charge on any atom is -0.0802 e. The monoisotopic (exact) mass is 148 g/mol. The van der Waals surface area contributed by atoms with Crippen LogP contribution in [0.1, 0.15) is 33.6 Å². The summed E-state index contributed by atoms with van der Waals surface area (Å²) in [7, 11) is 0. The van der Waals surface area contributed by atoms with Gasteiger partial charge in [-0.25, -0.2) is 0 Å². The van der Waals surface area contributed by atoms with E-state index in [9.17, 15) is 0 Å². The summed E-state index contributed by atoms with van der Waals surface area (Å²) < 4.78 is 0. The van der Waals surface area contributed by atoms with Gasteiger partial charge in [-0.15, -0.1) is 0 Å². The quantitative estimate of drug-likeness (QED) is 0.460. The van der Waals surface area contributed by atoms with Crippen LogP contribution < -0.4 is 0 Å². The molecule has 0 atom stereocenters. The van der Waals surface area contributed by atoms with Crippen molar-refractivity contribution in [1.82, 2.24) is 0 Å². The van der Waals surface area contributed by atoms with Gasteiger partial charge in [-0.1, -0.05) is 34.9 Å². The largest absolute Gasteiger partial charge is 0.0802 e. The summed E-state index contributed by atoms with van der Waals surface area (Å²) >= 11 is 0. The highest BCUT2D eigenvalue weighted by Crippen LogP contribution is 2.18. The minimum atomic E-state index is 1.14. The summed E-state index contributed by atoms with van der Waals surface area (Å²) in [5, 5.41) is 0. The zero-order chi connectivity index (χ0) is 8.27. The smallest absolute Gasteiger partial charge is 0.0128 e. The van der Waals surface area contributed by atoms with Crippen LogP contribution in [0, 0.1) is 0 Å². The van der Waals surface area contributed by atoms with E-state index in [1.165, 1.54) is 11.1 Å². The maximum atomic E-state index is 2.30. The molecular weight excluding hydrogens is 132 g/mol. The Morgan fingerprint density at radius 1 is 1.27 bits per heavy atom. The number of hydrogen-bond donors (Lipinski definition) is 0. The van der Waals surface area contributed by atoms with Crippen molar-refractivity contribution < 1.29 is 0 Å². The molecule has 0 aromatic rings. The van der Waals surface area contributed by atoms with Gasteiger partial charge in [-0.05, 0) is 33.6 Å². The summed E-state index contributed by atoms with van der Waals surface area (Å²) in [5.41, 5.74) is 4.43. The van der Waals surface area contributed by atoms with Crippen LogP contribution >= 0.6 is 0 Å². The first-order valence-electron chi connectivity index (χ1n) is 4.18. The van der Waals surface area contributed by atoms with E-state index in [0.29, 0.717) is 0 Å². The molecule has 60 valence electrons. The number of allylic oxidation sites excluding steroid dienone is 6. The molecule has 1 aliphatic carbocycles. The molecule has 0 amide bonds. The van der Waals surface area contributed by atoms with E-state index < -0.39 is 0 Å². The fraction of sp³-hybridized carbons (Fsp3) is 0.455. The van der Waals surface area contributed by atoms with Crippen molar-refractivity contribution in [3.05, 3.63) is 34.9 Å². The third-order valence-electron chi connectivity index (χ3n) is 2.12. The Balaban J connectivity index is 2.80. The van der Waals surface area contributed by atoms with Crippen LogP contribution in [-0.2, 0) is 0 Å². The lowest BCUT2D eigenvalue weighted by atomic mass is 10.0. The van der Waals surface area contributed by atoms with Crippen molar-refractivity contribution in [1.29, 1.82) is 0 Å². The van der Waals surface area contributed by atoms with Gasteiger partial charge < -0.3 is 0 Å². The van der Waals surface area contributed by atoms with E-state index >= 15 is 0 Å². The molecular formula is C11H16. The molecule has 1 aliphatic rings. The van der Waals surface area contributed by atoms with Crippen molar-refractivity contribution in [3.63, 3.8) is 0 Å². The molecule has 0 aromatic heterocycles. The van der Waals surface area contributed by atoms with Gasteiger partial charge in [0.05, 0.1) is 0 Å². The average molecular weight is 148 g/mol. The Morgan fingerprint density at radius 3 is 2.64 bits per heavy atom. The molecule has 0 bridgehead atoms. The highest BCUT2D eigenvalue weighted by Gasteiger charge is 1.98. The zero-order valence-electron chi connectivity index (χ0n) is 7.65. The average Bonchev–Trinajstić information content (AvgIpc) is 2.13. The van der Waals surface area contributed by atoms with Crippen molar-refractivity contribution in [2.24, 2.45) is 0 Å². The second-order valence-electron chi connectivity index (χ2n) is 3.36. The molecule has 0 N–H and O–H groups in total. The van der Waals surface area contributed by atoms with Crippen molar-refractivity contribution >= 4 is 0 Å². The lowest BCUT2D eigenvalue weighted by Gasteiger charge is -2.01. The third-order valence-corrected chi connectivity index (χ3v) is 2.12. The van der Waals surface area contributed by atoms with Crippen molar-refractivity contribution in [3.8, 4) is 0 Å². The van der Waals surface area contributed by atoms with Crippen LogP contribution in [0.25, 0.3) is 0 Å². The van der Waals surface area contributed by atoms with E-state index in [-0.39, 0.29) is 0 Å². The van der Waals surface area contributed by atoms with Gasteiger partial charge in [-0.3, -0.25) is 0 Å². The summed E-state index contributed by atoms with van der Waals surface area (Å²) in [5.74, 6) is 0. The molecule has 11 heavy (non-hydrogen) atoms. The number of rotatable bonds is 0. The first-order chi connectivity index (χ1) is 5.20. The number of hydrogen-bond acceptors (Lipinski definition) is 0. The molecule has 1 rings (SSSR count). The fourth-order valence-corrected chi connectivity index (χ4v) is 1.23. The highest BCUT2D eigenvalue weighted by atomic mass is 14.0. The van der Waals surface area contributed by atoms with Gasteiger partial charge >= 0.3 is 0 Å². The molecule has 0 heteroatoms. The van der Waals surface area contributed by atoms with E-state index in [4.69, 9.17) is 0 Å². The Labute approximate surface area is 69.3 Å². The molecule has 0 saturated carbocycles. The first kappa shape index (κ1) is 8.32. The van der Waals surface area contributed by atoms with E-state index in [0.717, 1.165) is 12.8 Å². The molecule has 0 heterocycles. The third kappa shape index (κ3) is 2.38. The summed E-state index contributed by atoms with van der Waals surface area (Å²) in [6.07, 6.45) is 9.03. The van der Waals surface area contributed by atoms with Crippen molar-refractivity contribution in [2.45, 2.75) is 33.6 Å². The summed E-state index contributed by atoms with van der Waals surface area (Å²) in [6, 6.07) is 0. The normalized spacial score (nSPS) is 17.7. The van der Waals surface area contributed by atoms with Crippen LogP contribution in [0.5, 0.6) is 0 Å². The lowest BCUT2D eigenvalue weighted by Crippen LogP contribution is -1.81. The van der Waals surface area contributed by atoms with Crippen LogP contribution in [-0.4, -0.2) is 0 Å². The van der Waals surface area contributed by atoms with Gasteiger partial charge in [-0.2, -0.15) is 0 Å². The Hall–Kier alpha value is -0.780. The predicted octanol–water partition coefficient (Wildman–Crippen LogP) is 3.62. The fourth-order valence-electron chi connectivity index (χ4n) is 1.23. The van der Waals surface area contributed by atoms with Gasteiger partial charge in [0.25, 0.3) is 0 Å². The van der Waals surface area contributed by atoms with Crippen LogP contribution in [0.2, 0.25) is 0 Å². The molecule has 0 nitrogen and oxygen atoms in total. The van der Waals surface area contributed by atoms with E-state index in [1.807, 2.05) is 0 Å². The molecule has 0 aromatic carbocycles. The van der Waals surface area contributed by atoms with Crippen molar-refractivity contribution in [2.75, 3.05) is 0 Å². The summed E-state index contributed by atoms with van der Waals surface area (Å²) in [6.45, 7) is 6.54. The molecule has 0 fully saturated rings. The maximum Gasteiger partial charge on any atom is -0.0128 e. The Morgan fingerprint density at radius 2 is 2.00 bits per heavy atom. The zero-order valence-corrected chi connectivity index (χ0v) is 7.65. The van der Waals surface area contributed by atoms with E-state index in [2.05, 4.69) is 39.0 Å². The molecule has 0 saturated heterocycles. The first-order valence-corrected chi connectivity index (χ1v) is 4.18. The maximum absolute atomic E-state index is 2.30. The second kappa shape index (κ2) is 3.56.